The van der Waals surface area contributed by atoms with Crippen LogP contribution in [0.3, 0.4) is 0 Å². The van der Waals surface area contributed by atoms with Gasteiger partial charge in [0.15, 0.2) is 0 Å². The van der Waals surface area contributed by atoms with Crippen molar-refractivity contribution in [3.05, 3.63) is 54.1 Å². The van der Waals surface area contributed by atoms with Crippen molar-refractivity contribution in [2.24, 2.45) is 0 Å². The zero-order valence-corrected chi connectivity index (χ0v) is 14.4. The van der Waals surface area contributed by atoms with E-state index in [1.807, 2.05) is 13.0 Å². The number of aromatic nitrogens is 2. The lowest BCUT2D eigenvalue weighted by Gasteiger charge is -2.34. The van der Waals surface area contributed by atoms with Crippen LogP contribution in [0.5, 0.6) is 0 Å². The first-order valence-corrected chi connectivity index (χ1v) is 9.44. The smallest absolute Gasteiger partial charge is 0.243 e. The van der Waals surface area contributed by atoms with Gasteiger partial charge in [-0.3, -0.25) is 9.97 Å². The number of sulfonamides is 1. The van der Waals surface area contributed by atoms with Crippen molar-refractivity contribution in [3.8, 4) is 0 Å². The fourth-order valence-electron chi connectivity index (χ4n) is 2.90. The molecule has 0 aliphatic carbocycles. The Balaban J connectivity index is 1.78. The Morgan fingerprint density at radius 2 is 1.96 bits per heavy atom. The van der Waals surface area contributed by atoms with E-state index in [0.717, 1.165) is 11.4 Å². The first-order chi connectivity index (χ1) is 11.6. The summed E-state index contributed by atoms with van der Waals surface area (Å²) in [5.74, 6) is 0. The Kier molecular flexibility index (Phi) is 5.23. The molecule has 1 aromatic carbocycles. The number of ether oxygens (including phenoxy) is 1. The first kappa shape index (κ1) is 17.0. The second-order valence-electron chi connectivity index (χ2n) is 5.78. The normalized spacial score (nSPS) is 19.3. The van der Waals surface area contributed by atoms with Crippen LogP contribution in [0.15, 0.2) is 47.6 Å². The highest BCUT2D eigenvalue weighted by Crippen LogP contribution is 2.23. The summed E-state index contributed by atoms with van der Waals surface area (Å²) in [5.41, 5.74) is 1.78. The molecule has 1 aliphatic rings. The van der Waals surface area contributed by atoms with Crippen molar-refractivity contribution in [1.29, 1.82) is 0 Å². The van der Waals surface area contributed by atoms with Crippen LogP contribution in [0.4, 0.5) is 0 Å². The van der Waals surface area contributed by atoms with E-state index in [-0.39, 0.29) is 6.04 Å². The van der Waals surface area contributed by atoms with Crippen LogP contribution in [0.25, 0.3) is 0 Å². The minimum absolute atomic E-state index is 0.189. The second kappa shape index (κ2) is 7.38. The van der Waals surface area contributed by atoms with Crippen LogP contribution < -0.4 is 0 Å². The summed E-state index contributed by atoms with van der Waals surface area (Å²) < 4.78 is 32.9. The van der Waals surface area contributed by atoms with Gasteiger partial charge in [-0.05, 0) is 31.9 Å². The van der Waals surface area contributed by atoms with Crippen LogP contribution in [-0.2, 0) is 21.2 Å². The molecule has 24 heavy (non-hydrogen) atoms. The minimum atomic E-state index is -3.51. The van der Waals surface area contributed by atoms with Crippen LogP contribution >= 0.6 is 0 Å². The molecule has 1 aromatic heterocycles. The summed E-state index contributed by atoms with van der Waals surface area (Å²) in [7, 11) is -3.51. The van der Waals surface area contributed by atoms with Crippen LogP contribution in [0, 0.1) is 6.92 Å². The molecule has 0 unspecified atom stereocenters. The van der Waals surface area contributed by atoms with Gasteiger partial charge >= 0.3 is 0 Å². The van der Waals surface area contributed by atoms with E-state index in [9.17, 15) is 8.42 Å². The maximum Gasteiger partial charge on any atom is 0.243 e. The van der Waals surface area contributed by atoms with E-state index < -0.39 is 10.0 Å². The predicted octanol–water partition coefficient (Wildman–Crippen LogP) is 1.81. The van der Waals surface area contributed by atoms with Gasteiger partial charge in [0.1, 0.15) is 0 Å². The molecule has 0 radical (unpaired) electrons. The third-order valence-electron chi connectivity index (χ3n) is 4.22. The molecule has 0 N–H and O–H groups in total. The Morgan fingerprint density at radius 3 is 2.71 bits per heavy atom. The molecule has 1 aliphatic heterocycles. The lowest BCUT2D eigenvalue weighted by Crippen LogP contribution is -2.48. The Morgan fingerprint density at radius 1 is 1.21 bits per heavy atom. The molecule has 1 saturated heterocycles. The third-order valence-corrected chi connectivity index (χ3v) is 6.19. The maximum atomic E-state index is 12.9. The third kappa shape index (κ3) is 3.63. The van der Waals surface area contributed by atoms with Gasteiger partial charge in [0.05, 0.1) is 29.5 Å². The van der Waals surface area contributed by atoms with Crippen molar-refractivity contribution in [3.63, 3.8) is 0 Å². The summed E-state index contributed by atoms with van der Waals surface area (Å²) in [4.78, 5) is 8.90. The molecule has 3 rings (SSSR count). The minimum Gasteiger partial charge on any atom is -0.378 e. The highest BCUT2D eigenvalue weighted by atomic mass is 32.2. The van der Waals surface area contributed by atoms with Crippen molar-refractivity contribution in [1.82, 2.24) is 14.3 Å². The largest absolute Gasteiger partial charge is 0.378 e. The Labute approximate surface area is 142 Å². The highest BCUT2D eigenvalue weighted by molar-refractivity contribution is 7.89. The fourth-order valence-corrected chi connectivity index (χ4v) is 4.54. The van der Waals surface area contributed by atoms with Crippen molar-refractivity contribution < 1.29 is 13.2 Å². The molecule has 128 valence electrons. The summed E-state index contributed by atoms with van der Waals surface area (Å²) >= 11 is 0. The molecular formula is C17H21N3O3S. The predicted molar refractivity (Wildman–Crippen MR) is 90.0 cm³/mol. The summed E-state index contributed by atoms with van der Waals surface area (Å²) in [5, 5.41) is 0. The lowest BCUT2D eigenvalue weighted by molar-refractivity contribution is 0.0297. The van der Waals surface area contributed by atoms with Crippen molar-refractivity contribution >= 4 is 10.0 Å². The number of hydrogen-bond donors (Lipinski definition) is 0. The number of rotatable bonds is 5. The number of hydrogen-bond acceptors (Lipinski definition) is 5. The van der Waals surface area contributed by atoms with Gasteiger partial charge in [-0.2, -0.15) is 4.31 Å². The monoisotopic (exact) mass is 347 g/mol. The average Bonchev–Trinajstić information content (AvgIpc) is 2.62. The molecule has 6 nitrogen and oxygen atoms in total. The SMILES string of the molecule is Cc1nccnc1CC[C@@H]1COCCN1S(=O)(=O)c1ccccc1. The van der Waals surface area contributed by atoms with E-state index in [4.69, 9.17) is 4.74 Å². The number of nitrogens with zero attached hydrogens (tertiary/aromatic N) is 3. The molecule has 0 amide bonds. The molecule has 0 bridgehead atoms. The van der Waals surface area contributed by atoms with Crippen LogP contribution in [0.2, 0.25) is 0 Å². The maximum absolute atomic E-state index is 12.9. The van der Waals surface area contributed by atoms with Gasteiger partial charge < -0.3 is 4.74 Å². The van der Waals surface area contributed by atoms with Crippen molar-refractivity contribution in [2.45, 2.75) is 30.7 Å². The second-order valence-corrected chi connectivity index (χ2v) is 7.68. The zero-order valence-electron chi connectivity index (χ0n) is 13.6. The Bertz CT molecular complexity index is 781. The Hall–Kier alpha value is -1.83. The first-order valence-electron chi connectivity index (χ1n) is 8.00. The molecular weight excluding hydrogens is 326 g/mol. The summed E-state index contributed by atoms with van der Waals surface area (Å²) in [6.45, 7) is 3.12. The van der Waals surface area contributed by atoms with Gasteiger partial charge in [-0.15, -0.1) is 0 Å². The van der Waals surface area contributed by atoms with Crippen LogP contribution in [0.1, 0.15) is 17.8 Å². The summed E-state index contributed by atoms with van der Waals surface area (Å²) in [6, 6.07) is 8.37. The van der Waals surface area contributed by atoms with Gasteiger partial charge in [-0.1, -0.05) is 18.2 Å². The van der Waals surface area contributed by atoms with Gasteiger partial charge in [0, 0.05) is 25.0 Å². The van der Waals surface area contributed by atoms with Crippen molar-refractivity contribution in [2.75, 3.05) is 19.8 Å². The topological polar surface area (TPSA) is 72.4 Å². The molecule has 2 heterocycles. The summed E-state index contributed by atoms with van der Waals surface area (Å²) in [6.07, 6.45) is 4.66. The standard InChI is InChI=1S/C17H21N3O3S/c1-14-17(19-10-9-18-14)8-7-15-13-23-12-11-20(15)24(21,22)16-5-3-2-4-6-16/h2-6,9-10,15H,7-8,11-13H2,1H3/t15-/m1/s1. The highest BCUT2D eigenvalue weighted by Gasteiger charge is 2.33. The van der Waals surface area contributed by atoms with Crippen LogP contribution in [-0.4, -0.2) is 48.5 Å². The van der Waals surface area contributed by atoms with E-state index in [1.165, 1.54) is 0 Å². The molecule has 0 spiro atoms. The number of benzene rings is 1. The van der Waals surface area contributed by atoms with E-state index in [0.29, 0.717) is 37.5 Å². The molecule has 1 atom stereocenters. The lowest BCUT2D eigenvalue weighted by atomic mass is 10.1. The zero-order chi connectivity index (χ0) is 17.0. The van der Waals surface area contributed by atoms with E-state index >= 15 is 0 Å². The molecule has 7 heteroatoms. The molecule has 0 saturated carbocycles. The quantitative estimate of drug-likeness (QED) is 0.825. The van der Waals surface area contributed by atoms with E-state index in [2.05, 4.69) is 9.97 Å². The van der Waals surface area contributed by atoms with Gasteiger partial charge in [0.25, 0.3) is 0 Å². The van der Waals surface area contributed by atoms with Gasteiger partial charge in [0.2, 0.25) is 10.0 Å². The van der Waals surface area contributed by atoms with Gasteiger partial charge in [-0.25, -0.2) is 8.42 Å². The number of aryl methyl sites for hydroxylation is 2. The van der Waals surface area contributed by atoms with E-state index in [1.54, 1.807) is 41.0 Å². The molecule has 2 aromatic rings. The average molecular weight is 347 g/mol. The molecule has 1 fully saturated rings. The number of morpholine rings is 1. The fraction of sp³-hybridized carbons (Fsp3) is 0.412.